The van der Waals surface area contributed by atoms with Crippen LogP contribution in [0.3, 0.4) is 0 Å². The number of hydrogen-bond donors (Lipinski definition) is 1. The third-order valence-corrected chi connectivity index (χ3v) is 3.79. The molecule has 0 bridgehead atoms. The van der Waals surface area contributed by atoms with Crippen LogP contribution in [-0.2, 0) is 9.59 Å². The largest absolute Gasteiger partial charge is 0.481 e. The quantitative estimate of drug-likeness (QED) is 0.870. The number of likely N-dealkylation sites (tertiary alicyclic amines) is 1. The molecule has 4 nitrogen and oxygen atoms in total. The van der Waals surface area contributed by atoms with Crippen LogP contribution in [0.4, 0.5) is 4.39 Å². The van der Waals surface area contributed by atoms with Gasteiger partial charge in [0.25, 0.3) is 0 Å². The topological polar surface area (TPSA) is 57.6 Å². The zero-order valence-corrected chi connectivity index (χ0v) is 12.0. The van der Waals surface area contributed by atoms with Crippen LogP contribution in [0, 0.1) is 5.82 Å². The molecule has 6 heteroatoms. The molecular weight excluding hydrogens is 297 g/mol. The molecule has 1 aliphatic heterocycles. The summed E-state index contributed by atoms with van der Waals surface area (Å²) in [6.45, 7) is 0.520. The zero-order valence-electron chi connectivity index (χ0n) is 11.3. The van der Waals surface area contributed by atoms with Crippen molar-refractivity contribution in [1.29, 1.82) is 0 Å². The fourth-order valence-electron chi connectivity index (χ4n) is 2.46. The Morgan fingerprint density at radius 3 is 2.90 bits per heavy atom. The Morgan fingerprint density at radius 1 is 1.48 bits per heavy atom. The van der Waals surface area contributed by atoms with Gasteiger partial charge in [-0.15, -0.1) is 0 Å². The molecule has 0 saturated carbocycles. The molecule has 1 aromatic carbocycles. The molecule has 112 valence electrons. The first-order valence-corrected chi connectivity index (χ1v) is 7.01. The van der Waals surface area contributed by atoms with E-state index in [1.54, 1.807) is 0 Å². The SMILES string of the molecule is O=C(O)CC1CCCN1C(=O)/C=C/c1c(F)cccc1Cl. The van der Waals surface area contributed by atoms with Gasteiger partial charge in [0.1, 0.15) is 5.82 Å². The number of nitrogens with zero attached hydrogens (tertiary/aromatic N) is 1. The van der Waals surface area contributed by atoms with Crippen molar-refractivity contribution in [2.75, 3.05) is 6.54 Å². The summed E-state index contributed by atoms with van der Waals surface area (Å²) in [5, 5.41) is 9.06. The summed E-state index contributed by atoms with van der Waals surface area (Å²) in [5.41, 5.74) is 0.154. The first-order valence-electron chi connectivity index (χ1n) is 6.63. The van der Waals surface area contributed by atoms with E-state index in [0.717, 1.165) is 6.42 Å². The fourth-order valence-corrected chi connectivity index (χ4v) is 2.69. The van der Waals surface area contributed by atoms with E-state index in [0.29, 0.717) is 13.0 Å². The fraction of sp³-hybridized carbons (Fsp3) is 0.333. The predicted octanol–water partition coefficient (Wildman–Crippen LogP) is 2.96. The number of hydrogen-bond acceptors (Lipinski definition) is 2. The maximum absolute atomic E-state index is 13.6. The predicted molar refractivity (Wildman–Crippen MR) is 77.4 cm³/mol. The molecule has 1 N–H and O–H groups in total. The highest BCUT2D eigenvalue weighted by Gasteiger charge is 2.29. The van der Waals surface area contributed by atoms with Gasteiger partial charge in [0.2, 0.25) is 5.91 Å². The molecule has 1 aromatic rings. The monoisotopic (exact) mass is 311 g/mol. The number of carboxylic acids is 1. The van der Waals surface area contributed by atoms with Gasteiger partial charge in [0.15, 0.2) is 0 Å². The Labute approximate surface area is 126 Å². The smallest absolute Gasteiger partial charge is 0.305 e. The molecule has 1 saturated heterocycles. The summed E-state index contributed by atoms with van der Waals surface area (Å²) in [7, 11) is 0. The molecule has 0 aromatic heterocycles. The van der Waals surface area contributed by atoms with Crippen molar-refractivity contribution in [2.24, 2.45) is 0 Å². The number of aliphatic carboxylic acids is 1. The number of halogens is 2. The first kappa shape index (κ1) is 15.5. The Morgan fingerprint density at radius 2 is 2.24 bits per heavy atom. The van der Waals surface area contributed by atoms with E-state index in [4.69, 9.17) is 16.7 Å². The molecule has 0 aliphatic carbocycles. The lowest BCUT2D eigenvalue weighted by Gasteiger charge is -2.21. The minimum atomic E-state index is -0.930. The van der Waals surface area contributed by atoms with Gasteiger partial charge in [-0.3, -0.25) is 9.59 Å². The summed E-state index contributed by atoms with van der Waals surface area (Å²) < 4.78 is 13.6. The second kappa shape index (κ2) is 6.72. The van der Waals surface area contributed by atoms with Crippen molar-refractivity contribution in [1.82, 2.24) is 4.90 Å². The normalized spacial score (nSPS) is 18.4. The molecule has 1 aliphatic rings. The van der Waals surface area contributed by atoms with Crippen LogP contribution < -0.4 is 0 Å². The summed E-state index contributed by atoms with van der Waals surface area (Å²) in [6, 6.07) is 3.99. The number of carbonyl (C=O) groups excluding carboxylic acids is 1. The summed E-state index contributed by atoms with van der Waals surface area (Å²) in [6.07, 6.45) is 3.95. The second-order valence-corrected chi connectivity index (χ2v) is 5.30. The van der Waals surface area contributed by atoms with Crippen molar-refractivity contribution in [3.8, 4) is 0 Å². The summed E-state index contributed by atoms with van der Waals surface area (Å²) >= 11 is 5.88. The summed E-state index contributed by atoms with van der Waals surface area (Å²) in [4.78, 5) is 24.4. The highest BCUT2D eigenvalue weighted by atomic mass is 35.5. The van der Waals surface area contributed by atoms with Crippen molar-refractivity contribution >= 4 is 29.6 Å². The van der Waals surface area contributed by atoms with Crippen LogP contribution in [0.1, 0.15) is 24.8 Å². The molecule has 1 unspecified atom stereocenters. The number of benzene rings is 1. The van der Waals surface area contributed by atoms with Crippen molar-refractivity contribution in [2.45, 2.75) is 25.3 Å². The third-order valence-electron chi connectivity index (χ3n) is 3.46. The second-order valence-electron chi connectivity index (χ2n) is 4.89. The van der Waals surface area contributed by atoms with E-state index < -0.39 is 11.8 Å². The van der Waals surface area contributed by atoms with Crippen LogP contribution >= 0.6 is 11.6 Å². The Balaban J connectivity index is 2.10. The number of rotatable bonds is 4. The number of amides is 1. The Kier molecular flexibility index (Phi) is 4.96. The lowest BCUT2D eigenvalue weighted by Crippen LogP contribution is -2.35. The van der Waals surface area contributed by atoms with Gasteiger partial charge in [-0.05, 0) is 31.1 Å². The minimum absolute atomic E-state index is 0.0694. The Hall–Kier alpha value is -1.88. The molecule has 1 fully saturated rings. The zero-order chi connectivity index (χ0) is 15.4. The lowest BCUT2D eigenvalue weighted by atomic mass is 10.1. The van der Waals surface area contributed by atoms with Crippen molar-refractivity contribution in [3.63, 3.8) is 0 Å². The molecule has 1 amide bonds. The van der Waals surface area contributed by atoms with Gasteiger partial charge in [0, 0.05) is 24.2 Å². The molecule has 0 spiro atoms. The number of carbonyl (C=O) groups is 2. The van der Waals surface area contributed by atoms with Crippen LogP contribution in [-0.4, -0.2) is 34.5 Å². The van der Waals surface area contributed by atoms with Gasteiger partial charge in [-0.25, -0.2) is 4.39 Å². The van der Waals surface area contributed by atoms with Gasteiger partial charge in [-0.2, -0.15) is 0 Å². The lowest BCUT2D eigenvalue weighted by molar-refractivity contribution is -0.139. The van der Waals surface area contributed by atoms with Crippen LogP contribution in [0.2, 0.25) is 5.02 Å². The van der Waals surface area contributed by atoms with Gasteiger partial charge >= 0.3 is 5.97 Å². The van der Waals surface area contributed by atoms with Crippen LogP contribution in [0.25, 0.3) is 6.08 Å². The first-order chi connectivity index (χ1) is 9.99. The van der Waals surface area contributed by atoms with Gasteiger partial charge in [-0.1, -0.05) is 17.7 Å². The van der Waals surface area contributed by atoms with E-state index in [9.17, 15) is 14.0 Å². The molecule has 1 atom stereocenters. The highest BCUT2D eigenvalue weighted by molar-refractivity contribution is 6.32. The van der Waals surface area contributed by atoms with E-state index in [2.05, 4.69) is 0 Å². The summed E-state index contributed by atoms with van der Waals surface area (Å²) in [5.74, 6) is -1.76. The van der Waals surface area contributed by atoms with E-state index in [1.807, 2.05) is 0 Å². The van der Waals surface area contributed by atoms with Crippen molar-refractivity contribution < 1.29 is 19.1 Å². The van der Waals surface area contributed by atoms with Gasteiger partial charge in [0.05, 0.1) is 11.4 Å². The average Bonchev–Trinajstić information content (AvgIpc) is 2.85. The maximum Gasteiger partial charge on any atom is 0.305 e. The highest BCUT2D eigenvalue weighted by Crippen LogP contribution is 2.23. The van der Waals surface area contributed by atoms with E-state index in [1.165, 1.54) is 35.3 Å². The van der Waals surface area contributed by atoms with Crippen molar-refractivity contribution in [3.05, 3.63) is 40.7 Å². The molecule has 0 radical (unpaired) electrons. The van der Waals surface area contributed by atoms with Crippen LogP contribution in [0.15, 0.2) is 24.3 Å². The molecule has 1 heterocycles. The third kappa shape index (κ3) is 3.82. The van der Waals surface area contributed by atoms with Gasteiger partial charge < -0.3 is 10.0 Å². The van der Waals surface area contributed by atoms with Crippen LogP contribution in [0.5, 0.6) is 0 Å². The number of carboxylic acid groups (broad SMARTS) is 1. The van der Waals surface area contributed by atoms with E-state index >= 15 is 0 Å². The molecular formula is C15H15ClFNO3. The van der Waals surface area contributed by atoms with E-state index in [-0.39, 0.29) is 29.0 Å². The molecule has 2 rings (SSSR count). The molecule has 21 heavy (non-hydrogen) atoms. The Bertz CT molecular complexity index is 568. The standard InChI is InChI=1S/C15H15ClFNO3/c16-12-4-1-5-13(17)11(12)6-7-14(19)18-8-2-3-10(18)9-15(20)21/h1,4-7,10H,2-3,8-9H2,(H,20,21)/b7-6+. The average molecular weight is 312 g/mol. The maximum atomic E-state index is 13.6. The minimum Gasteiger partial charge on any atom is -0.481 e.